The maximum atomic E-state index is 10.6. The van der Waals surface area contributed by atoms with Gasteiger partial charge in [-0.25, -0.2) is 0 Å². The van der Waals surface area contributed by atoms with Crippen molar-refractivity contribution >= 4 is 0 Å². The molecule has 0 aromatic rings. The van der Waals surface area contributed by atoms with Crippen LogP contribution in [0.1, 0.15) is 65.2 Å². The average molecular weight is 322 g/mol. The first-order valence-corrected chi connectivity index (χ1v) is 9.93. The van der Waals surface area contributed by atoms with Crippen molar-refractivity contribution in [3.05, 3.63) is 0 Å². The summed E-state index contributed by atoms with van der Waals surface area (Å²) in [4.78, 5) is 0. The summed E-state index contributed by atoms with van der Waals surface area (Å²) in [5.74, 6) is 3.01. The van der Waals surface area contributed by atoms with Crippen molar-refractivity contribution in [3.8, 4) is 0 Å². The summed E-state index contributed by atoms with van der Waals surface area (Å²) < 4.78 is 0. The van der Waals surface area contributed by atoms with Crippen LogP contribution in [-0.2, 0) is 0 Å². The number of nitrogens with one attached hydrogen (secondary N) is 1. The lowest BCUT2D eigenvalue weighted by Gasteiger charge is -2.60. The topological polar surface area (TPSA) is 52.5 Å². The molecule has 4 fully saturated rings. The monoisotopic (exact) mass is 321 g/mol. The fourth-order valence-corrected chi connectivity index (χ4v) is 7.77. The first kappa shape index (κ1) is 16.4. The molecule has 0 heterocycles. The Hall–Kier alpha value is -0.120. The first-order valence-electron chi connectivity index (χ1n) is 9.93. The number of hydrogen-bond acceptors (Lipinski definition) is 3. The average Bonchev–Trinajstić information content (AvgIpc) is 2.77. The Morgan fingerprint density at radius 2 is 1.61 bits per heavy atom. The van der Waals surface area contributed by atoms with Gasteiger partial charge in [-0.1, -0.05) is 13.8 Å². The molecule has 23 heavy (non-hydrogen) atoms. The number of aliphatic hydroxyl groups is 2. The van der Waals surface area contributed by atoms with Gasteiger partial charge in [0.2, 0.25) is 0 Å². The van der Waals surface area contributed by atoms with E-state index in [0.717, 1.165) is 37.0 Å². The van der Waals surface area contributed by atoms with Gasteiger partial charge in [-0.2, -0.15) is 0 Å². The molecule has 3 heteroatoms. The molecule has 4 rings (SSSR count). The van der Waals surface area contributed by atoms with E-state index in [1.165, 1.54) is 32.1 Å². The van der Waals surface area contributed by atoms with Crippen LogP contribution in [0.2, 0.25) is 0 Å². The van der Waals surface area contributed by atoms with E-state index >= 15 is 0 Å². The lowest BCUT2D eigenvalue weighted by molar-refractivity contribution is -0.123. The van der Waals surface area contributed by atoms with Crippen molar-refractivity contribution < 1.29 is 10.2 Å². The van der Waals surface area contributed by atoms with Crippen LogP contribution >= 0.6 is 0 Å². The smallest absolute Gasteiger partial charge is 0.0701 e. The van der Waals surface area contributed by atoms with Gasteiger partial charge >= 0.3 is 0 Å². The molecule has 0 unspecified atom stereocenters. The summed E-state index contributed by atoms with van der Waals surface area (Å²) >= 11 is 0. The predicted molar refractivity (Wildman–Crippen MR) is 92.0 cm³/mol. The molecule has 0 radical (unpaired) electrons. The number of likely N-dealkylation sites (N-methyl/N-ethyl adjacent to an activating group) is 1. The lowest BCUT2D eigenvalue weighted by atomic mass is 9.45. The van der Waals surface area contributed by atoms with Crippen LogP contribution in [-0.4, -0.2) is 35.5 Å². The molecule has 0 aromatic heterocycles. The maximum absolute atomic E-state index is 10.6. The summed E-state index contributed by atoms with van der Waals surface area (Å²) in [6.07, 6.45) is 9.20. The second-order valence-electron chi connectivity index (χ2n) is 9.70. The third-order valence-electron chi connectivity index (χ3n) is 8.98. The first-order chi connectivity index (χ1) is 10.9. The number of fused-ring (bicyclic) bond motifs is 5. The van der Waals surface area contributed by atoms with Gasteiger partial charge in [0.1, 0.15) is 0 Å². The van der Waals surface area contributed by atoms with Gasteiger partial charge in [0.05, 0.1) is 12.2 Å². The normalized spacial score (nSPS) is 59.1. The van der Waals surface area contributed by atoms with Crippen LogP contribution in [0.15, 0.2) is 0 Å². The quantitative estimate of drug-likeness (QED) is 0.696. The second-order valence-corrected chi connectivity index (χ2v) is 9.70. The van der Waals surface area contributed by atoms with Gasteiger partial charge in [-0.05, 0) is 92.9 Å². The Balaban J connectivity index is 1.62. The molecular weight excluding hydrogens is 286 g/mol. The van der Waals surface area contributed by atoms with Crippen LogP contribution in [0.5, 0.6) is 0 Å². The lowest BCUT2D eigenvalue weighted by Crippen LogP contribution is -2.56. The van der Waals surface area contributed by atoms with Crippen molar-refractivity contribution in [2.75, 3.05) is 7.05 Å². The highest BCUT2D eigenvalue weighted by Gasteiger charge is 2.61. The summed E-state index contributed by atoms with van der Waals surface area (Å²) in [6, 6.07) is 0.271. The minimum absolute atomic E-state index is 0.0551. The molecule has 132 valence electrons. The molecule has 9 atom stereocenters. The molecule has 0 aromatic carbocycles. The van der Waals surface area contributed by atoms with E-state index in [0.29, 0.717) is 11.3 Å². The van der Waals surface area contributed by atoms with E-state index in [9.17, 15) is 10.2 Å². The summed E-state index contributed by atoms with van der Waals surface area (Å²) in [5.41, 5.74) is 0.707. The van der Waals surface area contributed by atoms with Crippen LogP contribution in [0.4, 0.5) is 0 Å². The SMILES string of the molecule is CN[C@H]1[C@@H](O)C[C@H]2[C@@H]3CC[C@H]4C[C@@H](O)CC[C@]4(C)[C@H]3CC[C@@]21C. The van der Waals surface area contributed by atoms with E-state index in [-0.39, 0.29) is 23.7 Å². The van der Waals surface area contributed by atoms with Crippen molar-refractivity contribution in [3.63, 3.8) is 0 Å². The minimum Gasteiger partial charge on any atom is -0.393 e. The zero-order valence-corrected chi connectivity index (χ0v) is 15.1. The fraction of sp³-hybridized carbons (Fsp3) is 1.00. The number of hydrogen-bond donors (Lipinski definition) is 3. The van der Waals surface area contributed by atoms with E-state index in [1.54, 1.807) is 0 Å². The van der Waals surface area contributed by atoms with E-state index in [1.807, 2.05) is 7.05 Å². The molecule has 0 spiro atoms. The number of aliphatic hydroxyl groups excluding tert-OH is 2. The molecule has 4 aliphatic carbocycles. The highest BCUT2D eigenvalue weighted by atomic mass is 16.3. The molecule has 0 bridgehead atoms. The highest BCUT2D eigenvalue weighted by Crippen LogP contribution is 2.66. The second kappa shape index (κ2) is 5.44. The molecular formula is C20H35NO2. The third-order valence-corrected chi connectivity index (χ3v) is 8.98. The molecule has 4 saturated carbocycles. The van der Waals surface area contributed by atoms with Gasteiger partial charge in [0, 0.05) is 6.04 Å². The Morgan fingerprint density at radius 1 is 0.870 bits per heavy atom. The molecule has 3 N–H and O–H groups in total. The number of rotatable bonds is 1. The molecule has 0 amide bonds. The fourth-order valence-electron chi connectivity index (χ4n) is 7.77. The van der Waals surface area contributed by atoms with Crippen molar-refractivity contribution in [1.29, 1.82) is 0 Å². The Kier molecular flexibility index (Phi) is 3.87. The van der Waals surface area contributed by atoms with Gasteiger partial charge in [0.15, 0.2) is 0 Å². The molecule has 0 aliphatic heterocycles. The minimum atomic E-state index is -0.174. The van der Waals surface area contributed by atoms with E-state index in [2.05, 4.69) is 19.2 Å². The summed E-state index contributed by atoms with van der Waals surface area (Å²) in [5, 5.41) is 24.2. The van der Waals surface area contributed by atoms with Crippen LogP contribution in [0, 0.1) is 34.5 Å². The Labute approximate surface area is 141 Å². The molecule has 3 nitrogen and oxygen atoms in total. The standard InChI is InChI=1S/C20H35NO2/c1-19-8-6-13(22)10-12(19)4-5-14-15(19)7-9-20(2)16(14)11-17(23)18(20)21-3/h12-18,21-23H,4-11H2,1-3H3/t12-,13-,14+,15-,16-,17-,18-,19-,20-/m0/s1. The van der Waals surface area contributed by atoms with Gasteiger partial charge in [-0.3, -0.25) is 0 Å². The molecule has 4 aliphatic rings. The van der Waals surface area contributed by atoms with Crippen molar-refractivity contribution in [2.24, 2.45) is 34.5 Å². The van der Waals surface area contributed by atoms with Crippen molar-refractivity contribution in [2.45, 2.75) is 83.5 Å². The van der Waals surface area contributed by atoms with Gasteiger partial charge < -0.3 is 15.5 Å². The van der Waals surface area contributed by atoms with Crippen LogP contribution in [0.25, 0.3) is 0 Å². The Morgan fingerprint density at radius 3 is 2.35 bits per heavy atom. The zero-order chi connectivity index (χ0) is 16.4. The predicted octanol–water partition coefficient (Wildman–Crippen LogP) is 2.95. The highest BCUT2D eigenvalue weighted by molar-refractivity contribution is 5.12. The van der Waals surface area contributed by atoms with E-state index < -0.39 is 0 Å². The third kappa shape index (κ3) is 2.19. The van der Waals surface area contributed by atoms with Crippen LogP contribution < -0.4 is 5.32 Å². The zero-order valence-electron chi connectivity index (χ0n) is 15.1. The molecule has 0 saturated heterocycles. The largest absolute Gasteiger partial charge is 0.393 e. The van der Waals surface area contributed by atoms with Crippen molar-refractivity contribution in [1.82, 2.24) is 5.32 Å². The van der Waals surface area contributed by atoms with Gasteiger partial charge in [-0.15, -0.1) is 0 Å². The summed E-state index contributed by atoms with van der Waals surface area (Å²) in [6.45, 7) is 4.97. The van der Waals surface area contributed by atoms with Crippen LogP contribution in [0.3, 0.4) is 0 Å². The summed E-state index contributed by atoms with van der Waals surface area (Å²) in [7, 11) is 2.02. The van der Waals surface area contributed by atoms with E-state index in [4.69, 9.17) is 0 Å². The Bertz CT molecular complexity index is 469. The maximum Gasteiger partial charge on any atom is 0.0701 e. The van der Waals surface area contributed by atoms with Gasteiger partial charge in [0.25, 0.3) is 0 Å².